The number of hydrogen-bond acceptors (Lipinski definition) is 6. The lowest BCUT2D eigenvalue weighted by atomic mass is 9.86. The van der Waals surface area contributed by atoms with Crippen LogP contribution in [0.15, 0.2) is 12.2 Å². The molecule has 0 aromatic carbocycles. The second-order valence-corrected chi connectivity index (χ2v) is 6.48. The normalized spacial score (nSPS) is 12.9. The molecule has 0 rings (SSSR count). The zero-order valence-corrected chi connectivity index (χ0v) is 15.4. The number of aliphatic hydroxyl groups is 2. The molecular weight excluding hydrogens is 332 g/mol. The summed E-state index contributed by atoms with van der Waals surface area (Å²) in [5.74, 6) is -1.15. The average Bonchev–Trinajstić information content (AvgIpc) is 2.56. The van der Waals surface area contributed by atoms with Crippen molar-refractivity contribution in [1.29, 1.82) is 0 Å². The van der Waals surface area contributed by atoms with E-state index in [1.54, 1.807) is 19.1 Å². The maximum Gasteiger partial charge on any atom is 0.258 e. The Morgan fingerprint density at radius 1 is 1.33 bits per heavy atom. The van der Waals surface area contributed by atoms with Crippen LogP contribution in [0.2, 0.25) is 0 Å². The third kappa shape index (κ3) is 7.46. The predicted octanol–water partition coefficient (Wildman–Crippen LogP) is 0.123. The van der Waals surface area contributed by atoms with Gasteiger partial charge in [-0.25, -0.2) is 0 Å². The van der Waals surface area contributed by atoms with Gasteiger partial charge in [0.05, 0.1) is 6.61 Å². The van der Waals surface area contributed by atoms with Gasteiger partial charge in [0.15, 0.2) is 0 Å². The minimum atomic E-state index is -1.54. The zero-order valence-electron chi connectivity index (χ0n) is 14.5. The molecule has 0 spiro atoms. The molecule has 0 radical (unpaired) electrons. The minimum absolute atomic E-state index is 0.00717. The lowest BCUT2D eigenvalue weighted by Crippen LogP contribution is -2.50. The molecule has 138 valence electrons. The Kier molecular flexibility index (Phi) is 10.6. The molecule has 0 aromatic rings. The fraction of sp³-hybridized carbons (Fsp3) is 0.688. The van der Waals surface area contributed by atoms with Crippen molar-refractivity contribution < 1.29 is 24.6 Å². The van der Waals surface area contributed by atoms with Gasteiger partial charge in [0.25, 0.3) is 5.91 Å². The third-order valence-corrected chi connectivity index (χ3v) is 3.70. The van der Waals surface area contributed by atoms with Crippen LogP contribution in [0.25, 0.3) is 0 Å². The van der Waals surface area contributed by atoms with Crippen LogP contribution in [0, 0.1) is 5.41 Å². The quantitative estimate of drug-likeness (QED) is 0.327. The first-order chi connectivity index (χ1) is 11.2. The number of carbonyl (C=O) groups is 3. The van der Waals surface area contributed by atoms with Crippen molar-refractivity contribution >= 4 is 30.4 Å². The molecule has 0 aliphatic rings. The molecule has 0 aromatic heterocycles. The number of rotatable bonds is 10. The molecule has 0 heterocycles. The van der Waals surface area contributed by atoms with Crippen molar-refractivity contribution in [3.8, 4) is 0 Å². The monoisotopic (exact) mass is 360 g/mol. The summed E-state index contributed by atoms with van der Waals surface area (Å²) in [5.41, 5.74) is -1.09. The smallest absolute Gasteiger partial charge is 0.258 e. The van der Waals surface area contributed by atoms with Crippen molar-refractivity contribution in [2.24, 2.45) is 5.41 Å². The molecule has 0 aliphatic heterocycles. The van der Waals surface area contributed by atoms with Gasteiger partial charge in [0, 0.05) is 37.1 Å². The summed E-state index contributed by atoms with van der Waals surface area (Å²) >= 11 is 3.98. The summed E-state index contributed by atoms with van der Waals surface area (Å²) in [6.07, 6.45) is 1.65. The highest BCUT2D eigenvalue weighted by Gasteiger charge is 2.37. The molecule has 7 nitrogen and oxygen atoms in total. The van der Waals surface area contributed by atoms with Gasteiger partial charge in [-0.15, -0.1) is 0 Å². The molecule has 0 unspecified atom stereocenters. The molecule has 3 N–H and O–H groups in total. The van der Waals surface area contributed by atoms with E-state index in [9.17, 15) is 24.6 Å². The highest BCUT2D eigenvalue weighted by Crippen LogP contribution is 2.21. The molecule has 0 aliphatic carbocycles. The summed E-state index contributed by atoms with van der Waals surface area (Å²) in [6, 6.07) is 0. The summed E-state index contributed by atoms with van der Waals surface area (Å²) in [5, 5.41) is 22.1. The maximum atomic E-state index is 12.5. The highest BCUT2D eigenvalue weighted by atomic mass is 32.1. The number of amides is 3. The topological polar surface area (TPSA) is 107 Å². The van der Waals surface area contributed by atoms with Gasteiger partial charge in [0.2, 0.25) is 11.8 Å². The van der Waals surface area contributed by atoms with Crippen LogP contribution in [-0.4, -0.2) is 64.4 Å². The van der Waals surface area contributed by atoms with E-state index in [0.717, 1.165) is 4.90 Å². The van der Waals surface area contributed by atoms with Gasteiger partial charge in [-0.1, -0.05) is 26.0 Å². The van der Waals surface area contributed by atoms with E-state index in [1.807, 2.05) is 0 Å². The third-order valence-electron chi connectivity index (χ3n) is 3.47. The molecule has 24 heavy (non-hydrogen) atoms. The summed E-state index contributed by atoms with van der Waals surface area (Å²) in [4.78, 5) is 37.2. The predicted molar refractivity (Wildman–Crippen MR) is 94.5 cm³/mol. The fourth-order valence-corrected chi connectivity index (χ4v) is 1.86. The van der Waals surface area contributed by atoms with E-state index < -0.39 is 29.9 Å². The average molecular weight is 360 g/mol. The Morgan fingerprint density at radius 3 is 2.46 bits per heavy atom. The van der Waals surface area contributed by atoms with E-state index in [0.29, 0.717) is 12.3 Å². The van der Waals surface area contributed by atoms with E-state index >= 15 is 0 Å². The summed E-state index contributed by atoms with van der Waals surface area (Å²) in [7, 11) is 0. The number of carbonyl (C=O) groups excluding carboxylic acids is 3. The maximum absolute atomic E-state index is 12.5. The number of imide groups is 1. The van der Waals surface area contributed by atoms with Crippen molar-refractivity contribution in [2.45, 2.75) is 39.7 Å². The Hall–Kier alpha value is -1.38. The second kappa shape index (κ2) is 11.2. The number of nitrogens with zero attached hydrogens (tertiary/aromatic N) is 1. The van der Waals surface area contributed by atoms with Crippen LogP contribution in [-0.2, 0) is 14.4 Å². The van der Waals surface area contributed by atoms with Crippen LogP contribution in [0.3, 0.4) is 0 Å². The second-order valence-electron chi connectivity index (χ2n) is 6.03. The number of hydrogen-bond donors (Lipinski definition) is 4. The van der Waals surface area contributed by atoms with Gasteiger partial charge < -0.3 is 15.5 Å². The lowest BCUT2D eigenvalue weighted by Gasteiger charge is -2.31. The number of nitrogens with one attached hydrogen (secondary N) is 1. The molecule has 0 fully saturated rings. The van der Waals surface area contributed by atoms with Gasteiger partial charge in [-0.2, -0.15) is 12.6 Å². The molecule has 0 bridgehead atoms. The molecule has 0 saturated heterocycles. The van der Waals surface area contributed by atoms with Gasteiger partial charge in [0.1, 0.15) is 6.10 Å². The molecule has 3 amide bonds. The SMILES string of the molecule is CC=CCC(=O)N(CCC(=O)NCCS)C(=O)[C@H](O)C(C)(C)CO. The minimum Gasteiger partial charge on any atom is -0.396 e. The Labute approximate surface area is 148 Å². The molecule has 0 saturated carbocycles. The van der Waals surface area contributed by atoms with Gasteiger partial charge in [-0.3, -0.25) is 19.3 Å². The Bertz CT molecular complexity index is 465. The van der Waals surface area contributed by atoms with Crippen molar-refractivity contribution in [1.82, 2.24) is 10.2 Å². The van der Waals surface area contributed by atoms with Gasteiger partial charge in [-0.05, 0) is 6.92 Å². The molecule has 8 heteroatoms. The highest BCUT2D eigenvalue weighted by molar-refractivity contribution is 7.80. The summed E-state index contributed by atoms with van der Waals surface area (Å²) in [6.45, 7) is 4.62. The van der Waals surface area contributed by atoms with Crippen LogP contribution in [0.5, 0.6) is 0 Å². The van der Waals surface area contributed by atoms with Crippen LogP contribution in [0.4, 0.5) is 0 Å². The van der Waals surface area contributed by atoms with Crippen LogP contribution in [0.1, 0.15) is 33.6 Å². The van der Waals surface area contributed by atoms with E-state index in [-0.39, 0.29) is 25.3 Å². The molecule has 1 atom stereocenters. The first kappa shape index (κ1) is 22.6. The molecular formula is C16H28N2O5S. The van der Waals surface area contributed by atoms with Crippen molar-refractivity contribution in [3.05, 3.63) is 12.2 Å². The van der Waals surface area contributed by atoms with Gasteiger partial charge >= 0.3 is 0 Å². The van der Waals surface area contributed by atoms with E-state index in [2.05, 4.69) is 17.9 Å². The first-order valence-electron chi connectivity index (χ1n) is 7.83. The first-order valence-corrected chi connectivity index (χ1v) is 8.46. The summed E-state index contributed by atoms with van der Waals surface area (Å²) < 4.78 is 0. The lowest BCUT2D eigenvalue weighted by molar-refractivity contribution is -0.156. The van der Waals surface area contributed by atoms with Crippen molar-refractivity contribution in [2.75, 3.05) is 25.4 Å². The number of allylic oxidation sites excluding steroid dienone is 1. The van der Waals surface area contributed by atoms with Crippen LogP contribution >= 0.6 is 12.6 Å². The Morgan fingerprint density at radius 2 is 1.96 bits per heavy atom. The van der Waals surface area contributed by atoms with E-state index in [4.69, 9.17) is 0 Å². The number of thiol groups is 1. The van der Waals surface area contributed by atoms with E-state index in [1.165, 1.54) is 13.8 Å². The van der Waals surface area contributed by atoms with Crippen LogP contribution < -0.4 is 5.32 Å². The largest absolute Gasteiger partial charge is 0.396 e. The van der Waals surface area contributed by atoms with Crippen molar-refractivity contribution in [3.63, 3.8) is 0 Å². The zero-order chi connectivity index (χ0) is 18.8. The fourth-order valence-electron chi connectivity index (χ4n) is 1.75. The Balaban J connectivity index is 5.08. The standard InChI is InChI=1S/C16H28N2O5S/c1-4-5-6-13(21)18(9-7-12(20)17-8-10-24)15(23)14(22)16(2,3)11-19/h4-5,14,19,22,24H,6-11H2,1-3H3,(H,17,20)/t14-/m0/s1. The number of aliphatic hydroxyl groups excluding tert-OH is 2.